The van der Waals surface area contributed by atoms with Gasteiger partial charge in [0.1, 0.15) is 5.60 Å². The van der Waals surface area contributed by atoms with Crippen LogP contribution in [0.1, 0.15) is 124 Å². The van der Waals surface area contributed by atoms with Gasteiger partial charge in [-0.3, -0.25) is 4.79 Å². The number of hydrogen-bond donors (Lipinski definition) is 2. The second-order valence-corrected chi connectivity index (χ2v) is 17.5. The Hall–Kier alpha value is -1.14. The molecule has 0 aliphatic heterocycles. The smallest absolute Gasteiger partial charge is 0.344 e. The fourth-order valence-electron chi connectivity index (χ4n) is 13.5. The first kappa shape index (κ1) is 30.5. The first-order chi connectivity index (χ1) is 20.4. The normalized spacial score (nSPS) is 52.1. The van der Waals surface area contributed by atoms with Crippen molar-refractivity contribution in [2.45, 2.75) is 142 Å². The molecule has 0 amide bonds. The van der Waals surface area contributed by atoms with Crippen molar-refractivity contribution in [3.63, 3.8) is 0 Å². The van der Waals surface area contributed by atoms with Gasteiger partial charge >= 0.3 is 11.9 Å². The number of carbonyl (C=O) groups is 2. The molecule has 0 aromatic rings. The maximum absolute atomic E-state index is 12.8. The van der Waals surface area contributed by atoms with E-state index in [9.17, 15) is 19.8 Å². The molecule has 242 valence electrons. The third kappa shape index (κ3) is 4.93. The topological polar surface area (TPSA) is 93.1 Å². The number of aliphatic hydroxyl groups excluding tert-OH is 2. The van der Waals surface area contributed by atoms with Gasteiger partial charge in [0.25, 0.3) is 0 Å². The van der Waals surface area contributed by atoms with Gasteiger partial charge in [0.2, 0.25) is 0 Å². The molecule has 0 radical (unpaired) electrons. The Morgan fingerprint density at radius 3 is 2.19 bits per heavy atom. The second kappa shape index (κ2) is 11.0. The summed E-state index contributed by atoms with van der Waals surface area (Å²) < 4.78 is 11.6. The van der Waals surface area contributed by atoms with Crippen LogP contribution in [0.5, 0.6) is 0 Å². The van der Waals surface area contributed by atoms with Crippen molar-refractivity contribution in [1.29, 1.82) is 0 Å². The van der Waals surface area contributed by atoms with Crippen molar-refractivity contribution < 1.29 is 29.3 Å². The summed E-state index contributed by atoms with van der Waals surface area (Å²) in [7, 11) is 0. The molecule has 0 aromatic heterocycles. The van der Waals surface area contributed by atoms with Crippen molar-refractivity contribution in [3.8, 4) is 0 Å². The van der Waals surface area contributed by atoms with Gasteiger partial charge in [-0.2, -0.15) is 0 Å². The number of rotatable bonds is 7. The Morgan fingerprint density at radius 1 is 0.791 bits per heavy atom. The van der Waals surface area contributed by atoms with Crippen molar-refractivity contribution in [2.75, 3.05) is 6.61 Å². The number of ether oxygens (including phenoxy) is 2. The molecule has 10 atom stereocenters. The maximum atomic E-state index is 12.8. The summed E-state index contributed by atoms with van der Waals surface area (Å²) in [5, 5.41) is 22.2. The number of carbonyl (C=O) groups excluding carboxylic acids is 2. The zero-order chi connectivity index (χ0) is 30.3. The highest BCUT2D eigenvalue weighted by molar-refractivity contribution is 5.76. The highest BCUT2D eigenvalue weighted by atomic mass is 16.6. The summed E-state index contributed by atoms with van der Waals surface area (Å²) in [6.45, 7) is 8.92. The molecule has 0 spiro atoms. The summed E-state index contributed by atoms with van der Waals surface area (Å²) in [5.41, 5.74) is -0.263. The van der Waals surface area contributed by atoms with Crippen molar-refractivity contribution >= 4 is 11.9 Å². The zero-order valence-corrected chi connectivity index (χ0v) is 27.3. The molecule has 2 N–H and O–H groups in total. The fraction of sp³-hybridized carbons (Fsp3) is 0.946. The van der Waals surface area contributed by atoms with Crippen molar-refractivity contribution in [2.24, 2.45) is 70.0 Å². The van der Waals surface area contributed by atoms with Gasteiger partial charge in [0, 0.05) is 6.42 Å². The minimum atomic E-state index is -0.394. The summed E-state index contributed by atoms with van der Waals surface area (Å²) in [6.07, 6.45) is 15.2. The Labute approximate surface area is 259 Å². The van der Waals surface area contributed by atoms with Crippen LogP contribution in [0.25, 0.3) is 0 Å². The molecule has 8 unspecified atom stereocenters. The third-order valence-electron chi connectivity index (χ3n) is 15.8. The molecule has 0 aromatic carbocycles. The highest BCUT2D eigenvalue weighted by Crippen LogP contribution is 2.68. The van der Waals surface area contributed by atoms with Crippen LogP contribution in [-0.4, -0.2) is 46.6 Å². The Morgan fingerprint density at radius 2 is 1.49 bits per heavy atom. The SMILES string of the molecule is CC(CCC(=O)OCC(=O)OC1(C)C2CC3CC(C2)CC1C3)C1CCC2C3CC[C@H]4CC(O)CCC4(C)C3CC(O)[C@]12C. The number of esters is 2. The van der Waals surface area contributed by atoms with E-state index in [2.05, 4.69) is 27.7 Å². The van der Waals surface area contributed by atoms with Crippen LogP contribution in [-0.2, 0) is 19.1 Å². The lowest BCUT2D eigenvalue weighted by atomic mass is 9.43. The molecule has 8 aliphatic carbocycles. The molecule has 8 rings (SSSR count). The van der Waals surface area contributed by atoms with Crippen LogP contribution < -0.4 is 0 Å². The summed E-state index contributed by atoms with van der Waals surface area (Å²) in [5.74, 6) is 4.88. The van der Waals surface area contributed by atoms with Crippen LogP contribution in [0.2, 0.25) is 0 Å². The van der Waals surface area contributed by atoms with E-state index in [4.69, 9.17) is 9.47 Å². The standard InChI is InChI=1S/C37H58O6/c1-21(5-10-33(40)42-20-34(41)43-37(4)25-14-22-13-23(16-25)17-26(37)15-22)29-8-9-30-28-7-6-24-18-27(38)11-12-35(24,2)31(28)19-32(39)36(29,30)3/h21-32,38-39H,5-20H2,1-4H3/t21?,22?,23?,24-,25?,26?,27?,28?,29?,30?,31?,32?,35?,36+,37?/m0/s1. The molecule has 6 nitrogen and oxygen atoms in total. The molecular formula is C37H58O6. The van der Waals surface area contributed by atoms with Gasteiger partial charge < -0.3 is 19.7 Å². The van der Waals surface area contributed by atoms with E-state index in [0.717, 1.165) is 50.4 Å². The minimum Gasteiger partial charge on any atom is -0.456 e. The summed E-state index contributed by atoms with van der Waals surface area (Å²) >= 11 is 0. The average molecular weight is 599 g/mol. The zero-order valence-electron chi connectivity index (χ0n) is 27.3. The molecule has 8 saturated carbocycles. The monoisotopic (exact) mass is 598 g/mol. The molecular weight excluding hydrogens is 540 g/mol. The van der Waals surface area contributed by atoms with Crippen LogP contribution >= 0.6 is 0 Å². The Balaban J connectivity index is 0.914. The van der Waals surface area contributed by atoms with Gasteiger partial charge in [-0.25, -0.2) is 4.79 Å². The van der Waals surface area contributed by atoms with E-state index in [1.165, 1.54) is 51.4 Å². The predicted molar refractivity (Wildman–Crippen MR) is 164 cm³/mol. The van der Waals surface area contributed by atoms with Crippen LogP contribution in [0.15, 0.2) is 0 Å². The van der Waals surface area contributed by atoms with Crippen molar-refractivity contribution in [3.05, 3.63) is 0 Å². The van der Waals surface area contributed by atoms with E-state index in [0.29, 0.717) is 53.8 Å². The lowest BCUT2D eigenvalue weighted by molar-refractivity contribution is -0.207. The predicted octanol–water partition coefficient (Wildman–Crippen LogP) is 6.69. The third-order valence-corrected chi connectivity index (χ3v) is 15.8. The lowest BCUT2D eigenvalue weighted by Crippen LogP contribution is -2.58. The molecule has 43 heavy (non-hydrogen) atoms. The van der Waals surface area contributed by atoms with Gasteiger partial charge in [-0.05, 0) is 167 Å². The largest absolute Gasteiger partial charge is 0.456 e. The maximum Gasteiger partial charge on any atom is 0.344 e. The van der Waals surface area contributed by atoms with Gasteiger partial charge in [-0.15, -0.1) is 0 Å². The van der Waals surface area contributed by atoms with Crippen LogP contribution in [0.4, 0.5) is 0 Å². The quantitative estimate of drug-likeness (QED) is 0.317. The Kier molecular flexibility index (Phi) is 7.80. The molecule has 4 bridgehead atoms. The molecule has 8 fully saturated rings. The molecule has 6 heteroatoms. The number of fused-ring (bicyclic) bond motifs is 5. The lowest BCUT2D eigenvalue weighted by Gasteiger charge is -2.62. The summed E-state index contributed by atoms with van der Waals surface area (Å²) in [4.78, 5) is 25.6. The average Bonchev–Trinajstić information content (AvgIpc) is 3.33. The van der Waals surface area contributed by atoms with E-state index < -0.39 is 11.6 Å². The van der Waals surface area contributed by atoms with Crippen LogP contribution in [0, 0.1) is 70.0 Å². The molecule has 0 saturated heterocycles. The summed E-state index contributed by atoms with van der Waals surface area (Å²) in [6, 6.07) is 0. The van der Waals surface area contributed by atoms with Gasteiger partial charge in [0.15, 0.2) is 6.61 Å². The fourth-order valence-corrected chi connectivity index (χ4v) is 13.5. The molecule has 0 heterocycles. The second-order valence-electron chi connectivity index (χ2n) is 17.5. The Bertz CT molecular complexity index is 1060. The van der Waals surface area contributed by atoms with E-state index in [-0.39, 0.29) is 35.6 Å². The number of aliphatic hydroxyl groups is 2. The first-order valence-electron chi connectivity index (χ1n) is 18.1. The highest BCUT2D eigenvalue weighted by Gasteiger charge is 2.64. The molecule has 8 aliphatic rings. The number of hydrogen-bond acceptors (Lipinski definition) is 6. The van der Waals surface area contributed by atoms with E-state index in [1.807, 2.05) is 0 Å². The van der Waals surface area contributed by atoms with Gasteiger partial charge in [0.05, 0.1) is 12.2 Å². The minimum absolute atomic E-state index is 0.111. The van der Waals surface area contributed by atoms with Gasteiger partial charge in [-0.1, -0.05) is 20.8 Å². The van der Waals surface area contributed by atoms with E-state index >= 15 is 0 Å². The first-order valence-corrected chi connectivity index (χ1v) is 18.1. The van der Waals surface area contributed by atoms with Crippen molar-refractivity contribution in [1.82, 2.24) is 0 Å². The van der Waals surface area contributed by atoms with Crippen LogP contribution in [0.3, 0.4) is 0 Å². The van der Waals surface area contributed by atoms with E-state index in [1.54, 1.807) is 0 Å².